The van der Waals surface area contributed by atoms with Gasteiger partial charge < -0.3 is 10.0 Å². The minimum absolute atomic E-state index is 0.177. The van der Waals surface area contributed by atoms with E-state index in [1.165, 1.54) is 12.1 Å². The standard InChI is InChI=1S/C15H16FNO/c1-11-5-3-4-6-14(11)17(2)15-8-7-13(16)9-12(15)10-18/h3-9,18H,10H2,1-2H3. The Bertz CT molecular complexity index is 554. The number of aliphatic hydroxyl groups is 1. The molecule has 0 bridgehead atoms. The van der Waals surface area contributed by atoms with Gasteiger partial charge in [-0.15, -0.1) is 0 Å². The molecule has 18 heavy (non-hydrogen) atoms. The molecule has 2 aromatic rings. The second kappa shape index (κ2) is 5.19. The van der Waals surface area contributed by atoms with Gasteiger partial charge in [0.05, 0.1) is 6.61 Å². The second-order valence-corrected chi connectivity index (χ2v) is 4.28. The van der Waals surface area contributed by atoms with E-state index in [9.17, 15) is 9.50 Å². The van der Waals surface area contributed by atoms with Crippen molar-refractivity contribution in [3.8, 4) is 0 Å². The van der Waals surface area contributed by atoms with E-state index in [1.54, 1.807) is 6.07 Å². The molecule has 0 aromatic heterocycles. The number of aryl methyl sites for hydroxylation is 1. The highest BCUT2D eigenvalue weighted by atomic mass is 19.1. The third-order valence-corrected chi connectivity index (χ3v) is 3.05. The SMILES string of the molecule is Cc1ccccc1N(C)c1ccc(F)cc1CO. The molecule has 0 heterocycles. The largest absolute Gasteiger partial charge is 0.392 e. The highest BCUT2D eigenvalue weighted by Gasteiger charge is 2.11. The highest BCUT2D eigenvalue weighted by Crippen LogP contribution is 2.29. The third-order valence-electron chi connectivity index (χ3n) is 3.05. The van der Waals surface area contributed by atoms with Crippen molar-refractivity contribution >= 4 is 11.4 Å². The fourth-order valence-corrected chi connectivity index (χ4v) is 2.08. The lowest BCUT2D eigenvalue weighted by atomic mass is 10.1. The van der Waals surface area contributed by atoms with Crippen LogP contribution in [0.1, 0.15) is 11.1 Å². The topological polar surface area (TPSA) is 23.5 Å². The molecule has 94 valence electrons. The Morgan fingerprint density at radius 2 is 1.83 bits per heavy atom. The quantitative estimate of drug-likeness (QED) is 0.896. The minimum Gasteiger partial charge on any atom is -0.392 e. The number of hydrogen-bond acceptors (Lipinski definition) is 2. The van der Waals surface area contributed by atoms with E-state index in [2.05, 4.69) is 0 Å². The lowest BCUT2D eigenvalue weighted by Gasteiger charge is -2.23. The molecule has 0 saturated heterocycles. The van der Waals surface area contributed by atoms with Gasteiger partial charge in [-0.25, -0.2) is 4.39 Å². The molecule has 0 atom stereocenters. The Morgan fingerprint density at radius 3 is 2.50 bits per heavy atom. The summed E-state index contributed by atoms with van der Waals surface area (Å²) in [7, 11) is 1.91. The van der Waals surface area contributed by atoms with Crippen molar-refractivity contribution in [2.75, 3.05) is 11.9 Å². The summed E-state index contributed by atoms with van der Waals surface area (Å²) >= 11 is 0. The van der Waals surface area contributed by atoms with Crippen LogP contribution < -0.4 is 4.90 Å². The molecule has 0 unspecified atom stereocenters. The van der Waals surface area contributed by atoms with Crippen molar-refractivity contribution in [3.63, 3.8) is 0 Å². The molecule has 2 nitrogen and oxygen atoms in total. The van der Waals surface area contributed by atoms with Crippen molar-refractivity contribution < 1.29 is 9.50 Å². The zero-order valence-corrected chi connectivity index (χ0v) is 10.5. The molecule has 0 aliphatic rings. The zero-order valence-electron chi connectivity index (χ0n) is 10.5. The number of aliphatic hydroxyl groups excluding tert-OH is 1. The van der Waals surface area contributed by atoms with Crippen molar-refractivity contribution in [2.24, 2.45) is 0 Å². The Morgan fingerprint density at radius 1 is 1.11 bits per heavy atom. The predicted molar refractivity (Wildman–Crippen MR) is 71.6 cm³/mol. The molecule has 1 N–H and O–H groups in total. The van der Waals surface area contributed by atoms with E-state index in [0.29, 0.717) is 5.56 Å². The maximum absolute atomic E-state index is 13.1. The summed E-state index contributed by atoms with van der Waals surface area (Å²) in [6.07, 6.45) is 0. The van der Waals surface area contributed by atoms with Gasteiger partial charge in [-0.1, -0.05) is 18.2 Å². The average molecular weight is 245 g/mol. The molecule has 0 fully saturated rings. The van der Waals surface area contributed by atoms with Gasteiger partial charge in [0, 0.05) is 24.0 Å². The molecule has 0 saturated carbocycles. The summed E-state index contributed by atoms with van der Waals surface area (Å²) in [6.45, 7) is 1.84. The number of anilines is 2. The van der Waals surface area contributed by atoms with Crippen molar-refractivity contribution in [2.45, 2.75) is 13.5 Å². The smallest absolute Gasteiger partial charge is 0.123 e. The number of benzene rings is 2. The van der Waals surface area contributed by atoms with Gasteiger partial charge in [-0.05, 0) is 36.8 Å². The van der Waals surface area contributed by atoms with E-state index >= 15 is 0 Å². The molecule has 0 radical (unpaired) electrons. The van der Waals surface area contributed by atoms with Crippen LogP contribution in [0.4, 0.5) is 15.8 Å². The molecule has 0 amide bonds. The lowest BCUT2D eigenvalue weighted by Crippen LogP contribution is -2.13. The summed E-state index contributed by atoms with van der Waals surface area (Å²) in [5.41, 5.74) is 3.57. The Hall–Kier alpha value is -1.87. The van der Waals surface area contributed by atoms with Crippen molar-refractivity contribution in [1.82, 2.24) is 0 Å². The van der Waals surface area contributed by atoms with Crippen LogP contribution in [0.5, 0.6) is 0 Å². The van der Waals surface area contributed by atoms with Gasteiger partial charge in [0.25, 0.3) is 0 Å². The van der Waals surface area contributed by atoms with Gasteiger partial charge in [0.15, 0.2) is 0 Å². The Labute approximate surface area is 106 Å². The van der Waals surface area contributed by atoms with Crippen LogP contribution in [0.2, 0.25) is 0 Å². The summed E-state index contributed by atoms with van der Waals surface area (Å²) in [5, 5.41) is 9.31. The number of nitrogens with zero attached hydrogens (tertiary/aromatic N) is 1. The van der Waals surface area contributed by atoms with Gasteiger partial charge in [0.2, 0.25) is 0 Å². The maximum Gasteiger partial charge on any atom is 0.123 e. The van der Waals surface area contributed by atoms with Crippen LogP contribution in [0.25, 0.3) is 0 Å². The van der Waals surface area contributed by atoms with Crippen molar-refractivity contribution in [3.05, 3.63) is 59.4 Å². The first-order valence-corrected chi connectivity index (χ1v) is 5.82. The first-order chi connectivity index (χ1) is 8.63. The Balaban J connectivity index is 2.46. The molecule has 3 heteroatoms. The van der Waals surface area contributed by atoms with E-state index in [-0.39, 0.29) is 12.4 Å². The number of para-hydroxylation sites is 1. The van der Waals surface area contributed by atoms with Gasteiger partial charge >= 0.3 is 0 Å². The summed E-state index contributed by atoms with van der Waals surface area (Å²) in [4.78, 5) is 1.96. The fourth-order valence-electron chi connectivity index (χ4n) is 2.08. The van der Waals surface area contributed by atoms with E-state index in [1.807, 2.05) is 43.1 Å². The minimum atomic E-state index is -0.332. The van der Waals surface area contributed by atoms with Gasteiger partial charge in [-0.2, -0.15) is 0 Å². The average Bonchev–Trinajstić information content (AvgIpc) is 2.38. The maximum atomic E-state index is 13.1. The fraction of sp³-hybridized carbons (Fsp3) is 0.200. The molecular weight excluding hydrogens is 229 g/mol. The van der Waals surface area contributed by atoms with Crippen LogP contribution >= 0.6 is 0 Å². The van der Waals surface area contributed by atoms with Gasteiger partial charge in [0.1, 0.15) is 5.82 Å². The third kappa shape index (κ3) is 2.36. The van der Waals surface area contributed by atoms with Gasteiger partial charge in [-0.3, -0.25) is 0 Å². The van der Waals surface area contributed by atoms with Crippen LogP contribution in [0.3, 0.4) is 0 Å². The van der Waals surface area contributed by atoms with E-state index in [4.69, 9.17) is 0 Å². The number of hydrogen-bond donors (Lipinski definition) is 1. The molecule has 2 aromatic carbocycles. The van der Waals surface area contributed by atoms with Crippen LogP contribution in [-0.4, -0.2) is 12.2 Å². The molecular formula is C15H16FNO. The summed E-state index contributed by atoms with van der Waals surface area (Å²) in [5.74, 6) is -0.332. The molecule has 2 rings (SSSR count). The normalized spacial score (nSPS) is 10.4. The Kier molecular flexibility index (Phi) is 3.63. The molecule has 0 spiro atoms. The van der Waals surface area contributed by atoms with Crippen LogP contribution in [0.15, 0.2) is 42.5 Å². The molecule has 0 aliphatic heterocycles. The zero-order chi connectivity index (χ0) is 13.1. The monoisotopic (exact) mass is 245 g/mol. The van der Waals surface area contributed by atoms with E-state index < -0.39 is 0 Å². The number of halogens is 1. The molecule has 0 aliphatic carbocycles. The summed E-state index contributed by atoms with van der Waals surface area (Å²) in [6, 6.07) is 12.4. The first-order valence-electron chi connectivity index (χ1n) is 5.82. The first kappa shape index (κ1) is 12.6. The van der Waals surface area contributed by atoms with Crippen LogP contribution in [-0.2, 0) is 6.61 Å². The van der Waals surface area contributed by atoms with Crippen molar-refractivity contribution in [1.29, 1.82) is 0 Å². The predicted octanol–water partition coefficient (Wildman–Crippen LogP) is 3.39. The highest BCUT2D eigenvalue weighted by molar-refractivity contribution is 5.68. The van der Waals surface area contributed by atoms with E-state index in [0.717, 1.165) is 16.9 Å². The van der Waals surface area contributed by atoms with Crippen LogP contribution in [0, 0.1) is 12.7 Å². The lowest BCUT2D eigenvalue weighted by molar-refractivity contribution is 0.281. The number of rotatable bonds is 3. The second-order valence-electron chi connectivity index (χ2n) is 4.28. The summed E-state index contributed by atoms with van der Waals surface area (Å²) < 4.78 is 13.1.